The van der Waals surface area contributed by atoms with Crippen molar-refractivity contribution in [2.45, 2.75) is 11.8 Å². The first-order valence-corrected chi connectivity index (χ1v) is 8.52. The molecule has 23 heavy (non-hydrogen) atoms. The molecule has 0 amide bonds. The molecule has 0 aliphatic heterocycles. The minimum atomic E-state index is -3.60. The smallest absolute Gasteiger partial charge is 0.330 e. The van der Waals surface area contributed by atoms with E-state index in [0.717, 1.165) is 5.56 Å². The average molecular weight is 331 g/mol. The lowest BCUT2D eigenvalue weighted by molar-refractivity contribution is -0.137. The number of hydrogen-bond acceptors (Lipinski definition) is 4. The maximum Gasteiger partial charge on any atom is 0.330 e. The molecule has 5 nitrogen and oxygen atoms in total. The number of ether oxygens (including phenoxy) is 1. The normalized spacial score (nSPS) is 11.3. The van der Waals surface area contributed by atoms with Gasteiger partial charge in [-0.1, -0.05) is 30.3 Å². The number of rotatable bonds is 6. The third-order valence-electron chi connectivity index (χ3n) is 2.91. The highest BCUT2D eigenvalue weighted by atomic mass is 32.2. The van der Waals surface area contributed by atoms with E-state index < -0.39 is 16.0 Å². The number of nitrogens with one attached hydrogen (secondary N) is 1. The van der Waals surface area contributed by atoms with Crippen LogP contribution in [0.2, 0.25) is 0 Å². The van der Waals surface area contributed by atoms with E-state index >= 15 is 0 Å². The molecule has 2 aromatic carbocycles. The van der Waals surface area contributed by atoms with Crippen LogP contribution in [0.3, 0.4) is 0 Å². The molecular weight excluding hydrogens is 314 g/mol. The van der Waals surface area contributed by atoms with Gasteiger partial charge in [-0.2, -0.15) is 0 Å². The molecule has 0 aromatic heterocycles. The lowest BCUT2D eigenvalue weighted by Gasteiger charge is -2.08. The van der Waals surface area contributed by atoms with Gasteiger partial charge in [0, 0.05) is 11.8 Å². The molecule has 0 radical (unpaired) electrons. The lowest BCUT2D eigenvalue weighted by Crippen LogP contribution is -2.12. The molecule has 0 unspecified atom stereocenters. The fourth-order valence-electron chi connectivity index (χ4n) is 1.83. The number of carbonyl (C=O) groups is 1. The van der Waals surface area contributed by atoms with Gasteiger partial charge in [0.05, 0.1) is 11.5 Å². The fourth-order valence-corrected chi connectivity index (χ4v) is 2.91. The standard InChI is InChI=1S/C17H17NO4S/c1-2-22-17(19)13-10-14-8-11-15(12-9-14)18-23(20,21)16-6-4-3-5-7-16/h3-13,18H,2H2,1H3. The second kappa shape index (κ2) is 7.60. The molecule has 1 N–H and O–H groups in total. The van der Waals surface area contributed by atoms with E-state index in [1.54, 1.807) is 55.5 Å². The van der Waals surface area contributed by atoms with E-state index in [2.05, 4.69) is 4.72 Å². The summed E-state index contributed by atoms with van der Waals surface area (Å²) in [6.07, 6.45) is 2.93. The van der Waals surface area contributed by atoms with E-state index in [4.69, 9.17) is 4.74 Å². The summed E-state index contributed by atoms with van der Waals surface area (Å²) in [6.45, 7) is 2.06. The van der Waals surface area contributed by atoms with Crippen LogP contribution in [0, 0.1) is 0 Å². The second-order valence-corrected chi connectivity index (χ2v) is 6.31. The van der Waals surface area contributed by atoms with Crippen LogP contribution in [0.25, 0.3) is 6.08 Å². The zero-order valence-electron chi connectivity index (χ0n) is 12.6. The Hall–Kier alpha value is -2.60. The summed E-state index contributed by atoms with van der Waals surface area (Å²) >= 11 is 0. The van der Waals surface area contributed by atoms with Gasteiger partial charge in [0.15, 0.2) is 0 Å². The van der Waals surface area contributed by atoms with Crippen molar-refractivity contribution in [2.24, 2.45) is 0 Å². The van der Waals surface area contributed by atoms with E-state index in [1.165, 1.54) is 18.2 Å². The highest BCUT2D eigenvalue weighted by Gasteiger charge is 2.12. The van der Waals surface area contributed by atoms with Crippen LogP contribution < -0.4 is 4.72 Å². The molecule has 0 aliphatic rings. The van der Waals surface area contributed by atoms with Crippen molar-refractivity contribution in [1.29, 1.82) is 0 Å². The van der Waals surface area contributed by atoms with Crippen molar-refractivity contribution in [3.05, 3.63) is 66.2 Å². The van der Waals surface area contributed by atoms with Gasteiger partial charge in [-0.25, -0.2) is 13.2 Å². The van der Waals surface area contributed by atoms with Gasteiger partial charge in [0.25, 0.3) is 10.0 Å². The van der Waals surface area contributed by atoms with E-state index in [-0.39, 0.29) is 4.90 Å². The first kappa shape index (κ1) is 16.8. The summed E-state index contributed by atoms with van der Waals surface area (Å²) < 4.78 is 31.7. The van der Waals surface area contributed by atoms with E-state index in [1.807, 2.05) is 0 Å². The Kier molecular flexibility index (Phi) is 5.54. The first-order valence-electron chi connectivity index (χ1n) is 7.04. The maximum absolute atomic E-state index is 12.2. The largest absolute Gasteiger partial charge is 0.463 e. The maximum atomic E-state index is 12.2. The SMILES string of the molecule is CCOC(=O)C=Cc1ccc(NS(=O)(=O)c2ccccc2)cc1. The molecule has 0 saturated carbocycles. The van der Waals surface area contributed by atoms with E-state index in [0.29, 0.717) is 12.3 Å². The highest BCUT2D eigenvalue weighted by Crippen LogP contribution is 2.16. The number of benzene rings is 2. The summed E-state index contributed by atoms with van der Waals surface area (Å²) in [7, 11) is -3.60. The first-order chi connectivity index (χ1) is 11.0. The van der Waals surface area contributed by atoms with Crippen LogP contribution in [0.4, 0.5) is 5.69 Å². The van der Waals surface area contributed by atoms with Gasteiger partial charge >= 0.3 is 5.97 Å². The molecule has 6 heteroatoms. The Morgan fingerprint density at radius 2 is 1.74 bits per heavy atom. The van der Waals surface area contributed by atoms with Crippen LogP contribution in [0.5, 0.6) is 0 Å². The Labute approximate surface area is 135 Å². The summed E-state index contributed by atoms with van der Waals surface area (Å²) in [4.78, 5) is 11.4. The topological polar surface area (TPSA) is 72.5 Å². The average Bonchev–Trinajstić information content (AvgIpc) is 2.55. The minimum Gasteiger partial charge on any atom is -0.463 e. The Bertz CT molecular complexity index is 781. The molecule has 0 saturated heterocycles. The number of anilines is 1. The van der Waals surface area contributed by atoms with Crippen molar-refractivity contribution in [3.63, 3.8) is 0 Å². The van der Waals surface area contributed by atoms with Gasteiger partial charge in [0.2, 0.25) is 0 Å². The molecule has 0 bridgehead atoms. The molecule has 2 aromatic rings. The molecule has 0 atom stereocenters. The van der Waals surface area contributed by atoms with Crippen molar-refractivity contribution < 1.29 is 17.9 Å². The van der Waals surface area contributed by atoms with Gasteiger partial charge in [-0.15, -0.1) is 0 Å². The number of sulfonamides is 1. The minimum absolute atomic E-state index is 0.200. The van der Waals surface area contributed by atoms with Gasteiger partial charge in [-0.05, 0) is 42.8 Å². The molecule has 0 spiro atoms. The lowest BCUT2D eigenvalue weighted by atomic mass is 10.2. The van der Waals surface area contributed by atoms with Crippen molar-refractivity contribution in [1.82, 2.24) is 0 Å². The van der Waals surface area contributed by atoms with E-state index in [9.17, 15) is 13.2 Å². The number of carbonyl (C=O) groups excluding carboxylic acids is 1. The third-order valence-corrected chi connectivity index (χ3v) is 4.31. The highest BCUT2D eigenvalue weighted by molar-refractivity contribution is 7.92. The Balaban J connectivity index is 2.07. The summed E-state index contributed by atoms with van der Waals surface area (Å²) in [6, 6.07) is 14.8. The second-order valence-electron chi connectivity index (χ2n) is 4.63. The van der Waals surface area contributed by atoms with Gasteiger partial charge in [0.1, 0.15) is 0 Å². The number of hydrogen-bond donors (Lipinski definition) is 1. The molecule has 120 valence electrons. The third kappa shape index (κ3) is 4.96. The Morgan fingerprint density at radius 3 is 2.35 bits per heavy atom. The van der Waals surface area contributed by atoms with Crippen molar-refractivity contribution in [2.75, 3.05) is 11.3 Å². The van der Waals surface area contributed by atoms with Crippen LogP contribution in [0.15, 0.2) is 65.6 Å². The van der Waals surface area contributed by atoms with Crippen molar-refractivity contribution >= 4 is 27.8 Å². The van der Waals surface area contributed by atoms with Gasteiger partial charge in [-0.3, -0.25) is 4.72 Å². The Morgan fingerprint density at radius 1 is 1.09 bits per heavy atom. The summed E-state index contributed by atoms with van der Waals surface area (Å²) in [5, 5.41) is 0. The van der Waals surface area contributed by atoms with Crippen LogP contribution in [-0.4, -0.2) is 21.0 Å². The summed E-state index contributed by atoms with van der Waals surface area (Å²) in [5.74, 6) is -0.415. The van der Waals surface area contributed by atoms with Crippen LogP contribution >= 0.6 is 0 Å². The molecule has 0 heterocycles. The zero-order valence-corrected chi connectivity index (χ0v) is 13.4. The number of esters is 1. The zero-order chi connectivity index (χ0) is 16.7. The molecule has 2 rings (SSSR count). The molecular formula is C17H17NO4S. The predicted molar refractivity (Wildman–Crippen MR) is 89.4 cm³/mol. The molecule has 0 aliphatic carbocycles. The quantitative estimate of drug-likeness (QED) is 0.652. The summed E-state index contributed by atoms with van der Waals surface area (Å²) in [5.41, 5.74) is 1.21. The monoisotopic (exact) mass is 331 g/mol. The van der Waals surface area contributed by atoms with Crippen molar-refractivity contribution in [3.8, 4) is 0 Å². The van der Waals surface area contributed by atoms with Crippen LogP contribution in [0.1, 0.15) is 12.5 Å². The molecule has 0 fully saturated rings. The van der Waals surface area contributed by atoms with Gasteiger partial charge < -0.3 is 4.74 Å². The fraction of sp³-hybridized carbons (Fsp3) is 0.118. The van der Waals surface area contributed by atoms with Crippen LogP contribution in [-0.2, 0) is 19.6 Å². The predicted octanol–water partition coefficient (Wildman–Crippen LogP) is 3.06.